The van der Waals surface area contributed by atoms with Gasteiger partial charge in [0.1, 0.15) is 0 Å². The Kier molecular flexibility index (Phi) is 13.5. The van der Waals surface area contributed by atoms with Crippen LogP contribution >= 0.6 is 0 Å². The van der Waals surface area contributed by atoms with E-state index in [2.05, 4.69) is 46.0 Å². The normalized spacial score (nSPS) is 10.4. The van der Waals surface area contributed by atoms with Crippen LogP contribution in [0.3, 0.4) is 0 Å². The molecule has 0 aromatic heterocycles. The minimum Gasteiger partial charge on any atom is -0.0936 e. The standard InChI is InChI=1S/C22H34N6/c1-3-5-7-9-11-19-17-21(13-15-25-27-23)22(14-16-26-28-24)18-20(19)12-10-8-6-4-2/h17-18H,1-16H2. The summed E-state index contributed by atoms with van der Waals surface area (Å²) in [6.45, 7) is 8.77. The Morgan fingerprint density at radius 2 is 1.00 bits per heavy atom. The van der Waals surface area contributed by atoms with Crippen LogP contribution in [0.2, 0.25) is 0 Å². The molecule has 1 aromatic carbocycles. The lowest BCUT2D eigenvalue weighted by Crippen LogP contribution is -2.05. The third-order valence-electron chi connectivity index (χ3n) is 5.00. The molecule has 1 rings (SSSR count). The number of rotatable bonds is 16. The highest BCUT2D eigenvalue weighted by Crippen LogP contribution is 2.23. The predicted molar refractivity (Wildman–Crippen MR) is 117 cm³/mol. The Morgan fingerprint density at radius 3 is 1.36 bits per heavy atom. The highest BCUT2D eigenvalue weighted by molar-refractivity contribution is 5.39. The SMILES string of the molecule is [CH2]CCCCCc1cc(CCN=[N+]=[N-])c(CCN=[N+]=[N-])cc1CCCCC[CH2]. The summed E-state index contributed by atoms with van der Waals surface area (Å²) in [5, 5.41) is 7.40. The van der Waals surface area contributed by atoms with Gasteiger partial charge >= 0.3 is 0 Å². The van der Waals surface area contributed by atoms with Crippen LogP contribution in [0.15, 0.2) is 22.4 Å². The van der Waals surface area contributed by atoms with Crippen molar-refractivity contribution in [3.63, 3.8) is 0 Å². The van der Waals surface area contributed by atoms with Gasteiger partial charge in [0.15, 0.2) is 0 Å². The smallest absolute Gasteiger partial charge is 0.0298 e. The van der Waals surface area contributed by atoms with Gasteiger partial charge in [-0.25, -0.2) is 0 Å². The van der Waals surface area contributed by atoms with E-state index in [-0.39, 0.29) is 0 Å². The van der Waals surface area contributed by atoms with Crippen molar-refractivity contribution in [3.8, 4) is 0 Å². The van der Waals surface area contributed by atoms with E-state index in [1.807, 2.05) is 0 Å². The van der Waals surface area contributed by atoms with Gasteiger partial charge in [0.2, 0.25) is 0 Å². The number of hydrogen-bond donors (Lipinski definition) is 0. The average Bonchev–Trinajstić information content (AvgIpc) is 2.70. The van der Waals surface area contributed by atoms with Crippen LogP contribution in [0.25, 0.3) is 20.9 Å². The zero-order chi connectivity index (χ0) is 20.5. The first-order valence-electron chi connectivity index (χ1n) is 10.5. The van der Waals surface area contributed by atoms with Crippen molar-refractivity contribution in [1.82, 2.24) is 0 Å². The summed E-state index contributed by atoms with van der Waals surface area (Å²) >= 11 is 0. The van der Waals surface area contributed by atoms with Gasteiger partial charge < -0.3 is 0 Å². The molecule has 0 fully saturated rings. The Balaban J connectivity index is 3.04. The van der Waals surface area contributed by atoms with E-state index >= 15 is 0 Å². The number of azide groups is 2. The maximum Gasteiger partial charge on any atom is 0.0298 e. The van der Waals surface area contributed by atoms with Gasteiger partial charge in [0, 0.05) is 22.9 Å². The first-order valence-corrected chi connectivity index (χ1v) is 10.5. The maximum atomic E-state index is 8.59. The fourth-order valence-corrected chi connectivity index (χ4v) is 3.49. The first-order chi connectivity index (χ1) is 13.8. The van der Waals surface area contributed by atoms with Gasteiger partial charge in [-0.05, 0) is 71.8 Å². The van der Waals surface area contributed by atoms with Gasteiger partial charge in [-0.15, -0.1) is 0 Å². The van der Waals surface area contributed by atoms with Crippen LogP contribution < -0.4 is 0 Å². The second-order valence-electron chi connectivity index (χ2n) is 7.13. The molecule has 0 heterocycles. The van der Waals surface area contributed by atoms with E-state index in [9.17, 15) is 0 Å². The second-order valence-corrected chi connectivity index (χ2v) is 7.13. The molecule has 0 N–H and O–H groups in total. The van der Waals surface area contributed by atoms with E-state index in [1.165, 1.54) is 60.8 Å². The fraction of sp³-hybridized carbons (Fsp3) is 0.636. The summed E-state index contributed by atoms with van der Waals surface area (Å²) in [7, 11) is 0. The van der Waals surface area contributed by atoms with Gasteiger partial charge in [-0.3, -0.25) is 0 Å². The fourth-order valence-electron chi connectivity index (χ4n) is 3.49. The minimum atomic E-state index is 0.453. The van der Waals surface area contributed by atoms with Gasteiger partial charge in [0.25, 0.3) is 0 Å². The Hall–Kier alpha value is -2.16. The van der Waals surface area contributed by atoms with Crippen LogP contribution in [-0.2, 0) is 25.7 Å². The average molecular weight is 383 g/mol. The van der Waals surface area contributed by atoms with E-state index in [1.54, 1.807) is 0 Å². The van der Waals surface area contributed by atoms with Crippen molar-refractivity contribution in [2.24, 2.45) is 10.2 Å². The lowest BCUT2D eigenvalue weighted by atomic mass is 9.90. The van der Waals surface area contributed by atoms with E-state index < -0.39 is 0 Å². The highest BCUT2D eigenvalue weighted by atomic mass is 15.1. The molecule has 1 aromatic rings. The summed E-state index contributed by atoms with van der Waals surface area (Å²) in [4.78, 5) is 5.74. The monoisotopic (exact) mass is 382 g/mol. The third kappa shape index (κ3) is 9.68. The zero-order valence-electron chi connectivity index (χ0n) is 17.2. The summed E-state index contributed by atoms with van der Waals surface area (Å²) < 4.78 is 0. The molecular weight excluding hydrogens is 348 g/mol. The molecule has 0 aliphatic rings. The first kappa shape index (κ1) is 23.9. The maximum absolute atomic E-state index is 8.59. The van der Waals surface area contributed by atoms with Crippen LogP contribution in [0.1, 0.15) is 73.6 Å². The molecule has 0 saturated heterocycles. The summed E-state index contributed by atoms with van der Waals surface area (Å²) in [5.41, 5.74) is 22.4. The van der Waals surface area contributed by atoms with Gasteiger partial charge in [-0.1, -0.05) is 74.7 Å². The number of benzene rings is 1. The molecule has 0 aliphatic heterocycles. The summed E-state index contributed by atoms with van der Waals surface area (Å²) in [6, 6.07) is 4.61. The Labute approximate surface area is 170 Å². The molecule has 28 heavy (non-hydrogen) atoms. The lowest BCUT2D eigenvalue weighted by Gasteiger charge is -2.17. The van der Waals surface area contributed by atoms with E-state index in [0.717, 1.165) is 38.5 Å². The Bertz CT molecular complexity index is 600. The van der Waals surface area contributed by atoms with Crippen molar-refractivity contribution < 1.29 is 0 Å². The van der Waals surface area contributed by atoms with Crippen molar-refractivity contribution in [2.75, 3.05) is 13.1 Å². The molecule has 0 saturated carbocycles. The lowest BCUT2D eigenvalue weighted by molar-refractivity contribution is 0.665. The molecular formula is C22H34N6. The number of unbranched alkanes of at least 4 members (excludes halogenated alkanes) is 6. The number of nitrogens with zero attached hydrogens (tertiary/aromatic N) is 6. The molecule has 0 spiro atoms. The largest absolute Gasteiger partial charge is 0.0936 e. The quantitative estimate of drug-likeness (QED) is 0.124. The van der Waals surface area contributed by atoms with E-state index in [4.69, 9.17) is 11.1 Å². The molecule has 0 bridgehead atoms. The molecule has 6 nitrogen and oxygen atoms in total. The van der Waals surface area contributed by atoms with Crippen LogP contribution in [0.4, 0.5) is 0 Å². The topological polar surface area (TPSA) is 97.5 Å². The van der Waals surface area contributed by atoms with Crippen molar-refractivity contribution in [3.05, 3.63) is 69.1 Å². The Morgan fingerprint density at radius 1 is 0.607 bits per heavy atom. The molecule has 0 amide bonds. The summed E-state index contributed by atoms with van der Waals surface area (Å²) in [5.74, 6) is 0. The van der Waals surface area contributed by atoms with Gasteiger partial charge in [-0.2, -0.15) is 0 Å². The molecule has 152 valence electrons. The highest BCUT2D eigenvalue weighted by Gasteiger charge is 2.10. The van der Waals surface area contributed by atoms with Crippen molar-refractivity contribution in [1.29, 1.82) is 0 Å². The van der Waals surface area contributed by atoms with Crippen LogP contribution in [-0.4, -0.2) is 13.1 Å². The molecule has 0 aliphatic carbocycles. The summed E-state index contributed by atoms with van der Waals surface area (Å²) in [6.07, 6.45) is 12.7. The minimum absolute atomic E-state index is 0.453. The number of hydrogen-bond acceptors (Lipinski definition) is 2. The van der Waals surface area contributed by atoms with Gasteiger partial charge in [0.05, 0.1) is 0 Å². The second kappa shape index (κ2) is 15.9. The molecule has 6 heteroatoms. The van der Waals surface area contributed by atoms with E-state index in [0.29, 0.717) is 13.1 Å². The van der Waals surface area contributed by atoms with Crippen molar-refractivity contribution >= 4 is 0 Å². The van der Waals surface area contributed by atoms with Crippen LogP contribution in [0.5, 0.6) is 0 Å². The number of aryl methyl sites for hydroxylation is 2. The molecule has 0 atom stereocenters. The van der Waals surface area contributed by atoms with Crippen LogP contribution in [0, 0.1) is 13.8 Å². The zero-order valence-corrected chi connectivity index (χ0v) is 17.2. The molecule has 0 unspecified atom stereocenters. The van der Waals surface area contributed by atoms with Crippen molar-refractivity contribution in [2.45, 2.75) is 77.0 Å². The molecule has 2 radical (unpaired) electrons. The predicted octanol–water partition coefficient (Wildman–Crippen LogP) is 7.27. The third-order valence-corrected chi connectivity index (χ3v) is 5.00.